The van der Waals surface area contributed by atoms with Crippen molar-refractivity contribution in [2.45, 2.75) is 32.1 Å². The van der Waals surface area contributed by atoms with Gasteiger partial charge in [-0.1, -0.05) is 0 Å². The number of hydrogen-bond donors (Lipinski definition) is 1. The summed E-state index contributed by atoms with van der Waals surface area (Å²) in [4.78, 5) is 16.8. The lowest BCUT2D eigenvalue weighted by Crippen LogP contribution is -2.42. The Labute approximate surface area is 111 Å². The second-order valence-electron chi connectivity index (χ2n) is 5.79. The van der Waals surface area contributed by atoms with Crippen LogP contribution >= 0.6 is 0 Å². The lowest BCUT2D eigenvalue weighted by molar-refractivity contribution is -0.126. The predicted molar refractivity (Wildman–Crippen MR) is 73.5 cm³/mol. The number of hydrogen-bond acceptors (Lipinski definition) is 3. The third kappa shape index (κ3) is 4.25. The molecule has 2 fully saturated rings. The highest BCUT2D eigenvalue weighted by atomic mass is 16.1. The first kappa shape index (κ1) is 13.8. The van der Waals surface area contributed by atoms with Crippen molar-refractivity contribution < 1.29 is 4.79 Å². The summed E-state index contributed by atoms with van der Waals surface area (Å²) < 4.78 is 0. The second-order valence-corrected chi connectivity index (χ2v) is 5.79. The van der Waals surface area contributed by atoms with Crippen molar-refractivity contribution in [1.82, 2.24) is 15.1 Å². The van der Waals surface area contributed by atoms with Crippen LogP contribution in [-0.2, 0) is 4.79 Å². The van der Waals surface area contributed by atoms with E-state index in [2.05, 4.69) is 22.2 Å². The molecule has 0 aliphatic carbocycles. The van der Waals surface area contributed by atoms with Crippen molar-refractivity contribution in [2.75, 3.05) is 46.3 Å². The average Bonchev–Trinajstić information content (AvgIpc) is 2.87. The van der Waals surface area contributed by atoms with Crippen LogP contribution in [0.1, 0.15) is 32.1 Å². The van der Waals surface area contributed by atoms with Crippen molar-refractivity contribution >= 4 is 5.91 Å². The molecule has 0 saturated carbocycles. The van der Waals surface area contributed by atoms with Gasteiger partial charge in [0.05, 0.1) is 5.92 Å². The summed E-state index contributed by atoms with van der Waals surface area (Å²) in [6.07, 6.45) is 6.00. The number of carbonyl (C=O) groups excluding carboxylic acids is 1. The van der Waals surface area contributed by atoms with E-state index >= 15 is 0 Å². The Morgan fingerprint density at radius 3 is 2.72 bits per heavy atom. The zero-order chi connectivity index (χ0) is 12.8. The van der Waals surface area contributed by atoms with Crippen LogP contribution < -0.4 is 5.32 Å². The first-order valence-corrected chi connectivity index (χ1v) is 7.44. The molecule has 4 nitrogen and oxygen atoms in total. The number of likely N-dealkylation sites (tertiary alicyclic amines) is 2. The number of amides is 1. The van der Waals surface area contributed by atoms with Gasteiger partial charge in [-0.05, 0) is 65.3 Å². The standard InChI is InChI=1S/C14H27N3O/c1-16-8-4-6-13(12-16)14(18)15-7-5-11-17-9-2-3-10-17/h13H,2-12H2,1H3,(H,15,18)/t13-/m1/s1. The van der Waals surface area contributed by atoms with E-state index in [1.54, 1.807) is 0 Å². The first-order valence-electron chi connectivity index (χ1n) is 7.44. The highest BCUT2D eigenvalue weighted by molar-refractivity contribution is 5.78. The molecular weight excluding hydrogens is 226 g/mol. The van der Waals surface area contributed by atoms with Crippen LogP contribution in [-0.4, -0.2) is 62.0 Å². The summed E-state index contributed by atoms with van der Waals surface area (Å²) in [5, 5.41) is 3.10. The molecule has 2 aliphatic heterocycles. The summed E-state index contributed by atoms with van der Waals surface area (Å²) >= 11 is 0. The molecule has 4 heteroatoms. The van der Waals surface area contributed by atoms with Crippen LogP contribution in [0.2, 0.25) is 0 Å². The van der Waals surface area contributed by atoms with E-state index in [9.17, 15) is 4.79 Å². The fourth-order valence-corrected chi connectivity index (χ4v) is 3.05. The fraction of sp³-hybridized carbons (Fsp3) is 0.929. The van der Waals surface area contributed by atoms with E-state index in [1.807, 2.05) is 0 Å². The van der Waals surface area contributed by atoms with Crippen LogP contribution in [0.5, 0.6) is 0 Å². The third-order valence-electron chi connectivity index (χ3n) is 4.14. The Balaban J connectivity index is 1.56. The van der Waals surface area contributed by atoms with Crippen molar-refractivity contribution in [3.63, 3.8) is 0 Å². The summed E-state index contributed by atoms with van der Waals surface area (Å²) in [5.74, 6) is 0.485. The van der Waals surface area contributed by atoms with Gasteiger partial charge in [0.2, 0.25) is 5.91 Å². The van der Waals surface area contributed by atoms with E-state index in [1.165, 1.54) is 25.9 Å². The van der Waals surface area contributed by atoms with Gasteiger partial charge >= 0.3 is 0 Å². The van der Waals surface area contributed by atoms with E-state index in [4.69, 9.17) is 0 Å². The molecule has 1 amide bonds. The molecule has 2 heterocycles. The van der Waals surface area contributed by atoms with Crippen LogP contribution in [0.25, 0.3) is 0 Å². The summed E-state index contributed by atoms with van der Waals surface area (Å²) in [5.41, 5.74) is 0. The molecule has 2 saturated heterocycles. The molecule has 0 spiro atoms. The van der Waals surface area contributed by atoms with Gasteiger partial charge in [-0.3, -0.25) is 4.79 Å². The van der Waals surface area contributed by atoms with E-state index in [0.29, 0.717) is 0 Å². The SMILES string of the molecule is CN1CCC[C@@H](C(=O)NCCCN2CCCC2)C1. The topological polar surface area (TPSA) is 35.6 Å². The molecule has 1 N–H and O–H groups in total. The normalized spacial score (nSPS) is 26.4. The van der Waals surface area contributed by atoms with E-state index < -0.39 is 0 Å². The maximum absolute atomic E-state index is 12.0. The van der Waals surface area contributed by atoms with Gasteiger partial charge in [0.25, 0.3) is 0 Å². The van der Waals surface area contributed by atoms with Crippen molar-refractivity contribution in [3.8, 4) is 0 Å². The van der Waals surface area contributed by atoms with Crippen molar-refractivity contribution in [2.24, 2.45) is 5.92 Å². The Morgan fingerprint density at radius 1 is 1.22 bits per heavy atom. The molecule has 0 radical (unpaired) electrons. The van der Waals surface area contributed by atoms with Gasteiger partial charge in [-0.25, -0.2) is 0 Å². The molecule has 0 aromatic heterocycles. The van der Waals surface area contributed by atoms with E-state index in [-0.39, 0.29) is 11.8 Å². The number of nitrogens with zero attached hydrogens (tertiary/aromatic N) is 2. The molecule has 0 unspecified atom stereocenters. The monoisotopic (exact) mass is 253 g/mol. The zero-order valence-electron chi connectivity index (χ0n) is 11.7. The number of carbonyl (C=O) groups is 1. The van der Waals surface area contributed by atoms with Gasteiger partial charge in [0, 0.05) is 13.1 Å². The minimum Gasteiger partial charge on any atom is -0.356 e. The average molecular weight is 253 g/mol. The number of rotatable bonds is 5. The van der Waals surface area contributed by atoms with E-state index in [0.717, 1.165) is 45.4 Å². The van der Waals surface area contributed by atoms with Gasteiger partial charge in [-0.15, -0.1) is 0 Å². The van der Waals surface area contributed by atoms with Crippen LogP contribution in [0.3, 0.4) is 0 Å². The van der Waals surface area contributed by atoms with Gasteiger partial charge in [0.15, 0.2) is 0 Å². The Bertz CT molecular complexity index is 264. The Kier molecular flexibility index (Phi) is 5.45. The molecular formula is C14H27N3O. The maximum Gasteiger partial charge on any atom is 0.224 e. The minimum atomic E-state index is 0.218. The molecule has 2 aliphatic rings. The minimum absolute atomic E-state index is 0.218. The van der Waals surface area contributed by atoms with Crippen LogP contribution in [0, 0.1) is 5.92 Å². The first-order chi connectivity index (χ1) is 8.75. The maximum atomic E-state index is 12.0. The molecule has 0 aromatic carbocycles. The number of nitrogens with one attached hydrogen (secondary N) is 1. The smallest absolute Gasteiger partial charge is 0.224 e. The molecule has 104 valence electrons. The van der Waals surface area contributed by atoms with Crippen LogP contribution in [0.15, 0.2) is 0 Å². The van der Waals surface area contributed by atoms with Gasteiger partial charge < -0.3 is 15.1 Å². The van der Waals surface area contributed by atoms with Crippen molar-refractivity contribution in [1.29, 1.82) is 0 Å². The third-order valence-corrected chi connectivity index (χ3v) is 4.14. The molecule has 18 heavy (non-hydrogen) atoms. The molecule has 0 bridgehead atoms. The molecule has 0 aromatic rings. The summed E-state index contributed by atoms with van der Waals surface area (Å²) in [6.45, 7) is 6.56. The lowest BCUT2D eigenvalue weighted by Gasteiger charge is -2.28. The largest absolute Gasteiger partial charge is 0.356 e. The predicted octanol–water partition coefficient (Wildman–Crippen LogP) is 0.930. The highest BCUT2D eigenvalue weighted by Crippen LogP contribution is 2.14. The summed E-state index contributed by atoms with van der Waals surface area (Å²) in [6, 6.07) is 0. The Morgan fingerprint density at radius 2 is 2.00 bits per heavy atom. The quantitative estimate of drug-likeness (QED) is 0.740. The Hall–Kier alpha value is -0.610. The van der Waals surface area contributed by atoms with Gasteiger partial charge in [-0.2, -0.15) is 0 Å². The lowest BCUT2D eigenvalue weighted by atomic mass is 9.97. The highest BCUT2D eigenvalue weighted by Gasteiger charge is 2.23. The summed E-state index contributed by atoms with van der Waals surface area (Å²) in [7, 11) is 2.10. The second kappa shape index (κ2) is 7.10. The van der Waals surface area contributed by atoms with Gasteiger partial charge in [0.1, 0.15) is 0 Å². The molecule has 1 atom stereocenters. The number of piperidine rings is 1. The molecule has 2 rings (SSSR count). The van der Waals surface area contributed by atoms with Crippen molar-refractivity contribution in [3.05, 3.63) is 0 Å². The van der Waals surface area contributed by atoms with Crippen LogP contribution in [0.4, 0.5) is 0 Å². The fourth-order valence-electron chi connectivity index (χ4n) is 3.05. The zero-order valence-corrected chi connectivity index (χ0v) is 11.7.